The topological polar surface area (TPSA) is 54.3 Å². The normalized spacial score (nSPS) is 19.6. The van der Waals surface area contributed by atoms with E-state index < -0.39 is 0 Å². The maximum absolute atomic E-state index is 12.5. The fourth-order valence-corrected chi connectivity index (χ4v) is 5.00. The summed E-state index contributed by atoms with van der Waals surface area (Å²) < 4.78 is 2.12. The Kier molecular flexibility index (Phi) is 6.80. The first kappa shape index (κ1) is 20.3. The lowest BCUT2D eigenvalue weighted by Gasteiger charge is -2.32. The number of amides is 1. The van der Waals surface area contributed by atoms with E-state index in [-0.39, 0.29) is 0 Å². The van der Waals surface area contributed by atoms with Crippen LogP contribution in [0.2, 0.25) is 0 Å². The predicted molar refractivity (Wildman–Crippen MR) is 116 cm³/mol. The van der Waals surface area contributed by atoms with E-state index in [0.717, 1.165) is 69.3 Å². The number of fused-ring (bicyclic) bond motifs is 1. The molecule has 0 N–H and O–H groups in total. The lowest BCUT2D eigenvalue weighted by atomic mass is 9.88. The molecular formula is C23H35N5O. The highest BCUT2D eigenvalue weighted by molar-refractivity contribution is 5.78. The minimum Gasteiger partial charge on any atom is -0.346 e. The SMILES string of the molecule is CN(CCCCN1CCC(n2nnc3ccccc32)CC1)C(=O)C1CCCCC1. The zero-order valence-electron chi connectivity index (χ0n) is 17.8. The van der Waals surface area contributed by atoms with Gasteiger partial charge in [-0.25, -0.2) is 4.68 Å². The molecule has 2 aliphatic rings. The van der Waals surface area contributed by atoms with E-state index in [1.54, 1.807) is 0 Å². The van der Waals surface area contributed by atoms with Crippen molar-refractivity contribution in [3.63, 3.8) is 0 Å². The monoisotopic (exact) mass is 397 g/mol. The van der Waals surface area contributed by atoms with Crippen LogP contribution < -0.4 is 0 Å². The highest BCUT2D eigenvalue weighted by atomic mass is 16.2. The van der Waals surface area contributed by atoms with Gasteiger partial charge in [-0.05, 0) is 57.2 Å². The summed E-state index contributed by atoms with van der Waals surface area (Å²) in [6.45, 7) is 4.28. The quantitative estimate of drug-likeness (QED) is 0.665. The number of carbonyl (C=O) groups excluding carboxylic acids is 1. The summed E-state index contributed by atoms with van der Waals surface area (Å²) in [6, 6.07) is 8.69. The molecule has 0 bridgehead atoms. The van der Waals surface area contributed by atoms with E-state index in [0.29, 0.717) is 17.9 Å². The molecule has 1 saturated carbocycles. The van der Waals surface area contributed by atoms with Crippen molar-refractivity contribution in [3.05, 3.63) is 24.3 Å². The van der Waals surface area contributed by atoms with Gasteiger partial charge in [0.2, 0.25) is 5.91 Å². The van der Waals surface area contributed by atoms with Gasteiger partial charge in [0.25, 0.3) is 0 Å². The second kappa shape index (κ2) is 9.70. The van der Waals surface area contributed by atoms with Gasteiger partial charge in [0.1, 0.15) is 5.52 Å². The van der Waals surface area contributed by atoms with E-state index in [2.05, 4.69) is 32.0 Å². The maximum atomic E-state index is 12.5. The molecular weight excluding hydrogens is 362 g/mol. The smallest absolute Gasteiger partial charge is 0.225 e. The first-order valence-corrected chi connectivity index (χ1v) is 11.5. The Labute approximate surface area is 174 Å². The third kappa shape index (κ3) is 4.97. The number of para-hydroxylation sites is 1. The summed E-state index contributed by atoms with van der Waals surface area (Å²) in [5.74, 6) is 0.672. The first-order chi connectivity index (χ1) is 14.2. The molecule has 1 saturated heterocycles. The molecule has 1 aromatic heterocycles. The van der Waals surface area contributed by atoms with E-state index in [9.17, 15) is 4.79 Å². The highest BCUT2D eigenvalue weighted by Gasteiger charge is 2.24. The number of aromatic nitrogens is 3. The highest BCUT2D eigenvalue weighted by Crippen LogP contribution is 2.26. The number of likely N-dealkylation sites (tertiary alicyclic amines) is 1. The Balaban J connectivity index is 1.15. The molecule has 29 heavy (non-hydrogen) atoms. The third-order valence-electron chi connectivity index (χ3n) is 6.83. The zero-order valence-corrected chi connectivity index (χ0v) is 17.8. The standard InChI is InChI=1S/C23H35N5O/c1-26(23(29)19-9-3-2-4-10-19)15-7-8-16-27-17-13-20(14-18-27)28-22-12-6-5-11-21(22)24-25-28/h5-6,11-12,19-20H,2-4,7-10,13-18H2,1H3. The Morgan fingerprint density at radius 2 is 1.83 bits per heavy atom. The van der Waals surface area contributed by atoms with Gasteiger partial charge in [-0.2, -0.15) is 0 Å². The molecule has 0 unspecified atom stereocenters. The number of rotatable bonds is 7. The maximum Gasteiger partial charge on any atom is 0.225 e. The van der Waals surface area contributed by atoms with Gasteiger partial charge in [-0.1, -0.05) is 36.6 Å². The summed E-state index contributed by atoms with van der Waals surface area (Å²) in [7, 11) is 1.99. The van der Waals surface area contributed by atoms with E-state index in [1.807, 2.05) is 24.1 Å². The van der Waals surface area contributed by atoms with Crippen LogP contribution in [-0.4, -0.2) is 63.9 Å². The van der Waals surface area contributed by atoms with Gasteiger partial charge >= 0.3 is 0 Å². The van der Waals surface area contributed by atoms with Crippen LogP contribution in [0.15, 0.2) is 24.3 Å². The number of benzene rings is 1. The molecule has 2 aromatic rings. The number of nitrogens with zero attached hydrogens (tertiary/aromatic N) is 5. The minimum atomic E-state index is 0.292. The minimum absolute atomic E-state index is 0.292. The van der Waals surface area contributed by atoms with Crippen LogP contribution >= 0.6 is 0 Å². The molecule has 0 radical (unpaired) electrons. The van der Waals surface area contributed by atoms with E-state index >= 15 is 0 Å². The molecule has 1 aliphatic heterocycles. The summed E-state index contributed by atoms with van der Waals surface area (Å²) in [5.41, 5.74) is 2.14. The Hall–Kier alpha value is -1.95. The van der Waals surface area contributed by atoms with Crippen LogP contribution in [0.3, 0.4) is 0 Å². The van der Waals surface area contributed by atoms with Gasteiger partial charge in [0.15, 0.2) is 0 Å². The van der Waals surface area contributed by atoms with Crippen molar-refractivity contribution in [2.75, 3.05) is 33.2 Å². The van der Waals surface area contributed by atoms with Crippen molar-refractivity contribution in [2.24, 2.45) is 5.92 Å². The van der Waals surface area contributed by atoms with Crippen molar-refractivity contribution in [2.45, 2.75) is 63.8 Å². The molecule has 1 amide bonds. The third-order valence-corrected chi connectivity index (χ3v) is 6.83. The van der Waals surface area contributed by atoms with Gasteiger partial charge in [-0.15, -0.1) is 5.10 Å². The van der Waals surface area contributed by atoms with Crippen molar-refractivity contribution in [3.8, 4) is 0 Å². The van der Waals surface area contributed by atoms with E-state index in [4.69, 9.17) is 0 Å². The van der Waals surface area contributed by atoms with Crippen LogP contribution in [0, 0.1) is 5.92 Å². The largest absolute Gasteiger partial charge is 0.346 e. The van der Waals surface area contributed by atoms with Crippen molar-refractivity contribution < 1.29 is 4.79 Å². The van der Waals surface area contributed by atoms with Crippen LogP contribution in [-0.2, 0) is 4.79 Å². The van der Waals surface area contributed by atoms with Gasteiger partial charge < -0.3 is 9.80 Å². The lowest BCUT2D eigenvalue weighted by Crippen LogP contribution is -2.37. The average molecular weight is 398 g/mol. The summed E-state index contributed by atoms with van der Waals surface area (Å²) >= 11 is 0. The van der Waals surface area contributed by atoms with Crippen molar-refractivity contribution in [1.29, 1.82) is 0 Å². The molecule has 1 aromatic carbocycles. The fourth-order valence-electron chi connectivity index (χ4n) is 5.00. The Morgan fingerprint density at radius 3 is 2.62 bits per heavy atom. The molecule has 1 aliphatic carbocycles. The fraction of sp³-hybridized carbons (Fsp3) is 0.696. The predicted octanol–water partition coefficient (Wildman–Crippen LogP) is 3.89. The first-order valence-electron chi connectivity index (χ1n) is 11.5. The molecule has 2 fully saturated rings. The summed E-state index contributed by atoms with van der Waals surface area (Å²) in [4.78, 5) is 17.1. The lowest BCUT2D eigenvalue weighted by molar-refractivity contribution is -0.135. The van der Waals surface area contributed by atoms with Crippen molar-refractivity contribution in [1.82, 2.24) is 24.8 Å². The number of hydrogen-bond acceptors (Lipinski definition) is 4. The number of unbranched alkanes of at least 4 members (excludes halogenated alkanes) is 1. The average Bonchev–Trinajstić information content (AvgIpc) is 3.21. The second-order valence-corrected chi connectivity index (χ2v) is 8.90. The molecule has 0 spiro atoms. The zero-order chi connectivity index (χ0) is 20.1. The molecule has 2 heterocycles. The van der Waals surface area contributed by atoms with Crippen LogP contribution in [0.1, 0.15) is 63.8 Å². The molecule has 0 atom stereocenters. The molecule has 158 valence electrons. The van der Waals surface area contributed by atoms with Crippen LogP contribution in [0.25, 0.3) is 11.0 Å². The summed E-state index contributed by atoms with van der Waals surface area (Å²) in [6.07, 6.45) is 10.5. The van der Waals surface area contributed by atoms with E-state index in [1.165, 1.54) is 25.7 Å². The molecule has 4 rings (SSSR count). The number of hydrogen-bond donors (Lipinski definition) is 0. The molecule has 6 nitrogen and oxygen atoms in total. The van der Waals surface area contributed by atoms with Gasteiger partial charge in [0.05, 0.1) is 11.6 Å². The van der Waals surface area contributed by atoms with Crippen LogP contribution in [0.4, 0.5) is 0 Å². The molecule has 6 heteroatoms. The van der Waals surface area contributed by atoms with Gasteiger partial charge in [0, 0.05) is 32.6 Å². The van der Waals surface area contributed by atoms with Crippen LogP contribution in [0.5, 0.6) is 0 Å². The van der Waals surface area contributed by atoms with Crippen molar-refractivity contribution >= 4 is 16.9 Å². The number of carbonyl (C=O) groups is 1. The number of piperidine rings is 1. The second-order valence-electron chi connectivity index (χ2n) is 8.90. The Morgan fingerprint density at radius 1 is 1.07 bits per heavy atom. The summed E-state index contributed by atoms with van der Waals surface area (Å²) in [5, 5.41) is 8.71. The Bertz CT molecular complexity index is 789. The van der Waals surface area contributed by atoms with Gasteiger partial charge in [-0.3, -0.25) is 4.79 Å².